The molecule has 0 radical (unpaired) electrons. The normalized spacial score (nSPS) is 9.85. The van der Waals surface area contributed by atoms with Crippen LogP contribution in [0.15, 0.2) is 10.5 Å². The minimum absolute atomic E-state index is 0.165. The van der Waals surface area contributed by atoms with Gasteiger partial charge >= 0.3 is 0 Å². The maximum Gasteiger partial charge on any atom is 0.201 e. The first-order valence-corrected chi connectivity index (χ1v) is 4.07. The van der Waals surface area contributed by atoms with Crippen molar-refractivity contribution in [3.05, 3.63) is 27.7 Å². The maximum atomic E-state index is 13.0. The number of hydrogen-bond acceptors (Lipinski definition) is 2. The number of benzene rings is 1. The molecule has 0 unspecified atom stereocenters. The molecular weight excluding hydrogens is 246 g/mol. The van der Waals surface area contributed by atoms with Crippen molar-refractivity contribution < 1.29 is 18.3 Å². The first-order valence-electron chi connectivity index (χ1n) is 3.28. The van der Waals surface area contributed by atoms with Crippen molar-refractivity contribution in [3.63, 3.8) is 0 Å². The molecule has 0 saturated heterocycles. The van der Waals surface area contributed by atoms with E-state index in [0.717, 1.165) is 0 Å². The summed E-state index contributed by atoms with van der Waals surface area (Å²) in [6.45, 7) is 0. The molecular formula is C8H5BrF2O2. The van der Waals surface area contributed by atoms with Gasteiger partial charge in [-0.05, 0) is 22.0 Å². The molecule has 0 heterocycles. The Labute approximate surface area is 81.6 Å². The average molecular weight is 251 g/mol. The molecule has 0 saturated carbocycles. The fraction of sp³-hybridized carbons (Fsp3) is 0.125. The third kappa shape index (κ3) is 1.70. The highest BCUT2D eigenvalue weighted by molar-refractivity contribution is 9.10. The Morgan fingerprint density at radius 2 is 2.08 bits per heavy atom. The summed E-state index contributed by atoms with van der Waals surface area (Å²) in [6.07, 6.45) is 0.238. The Morgan fingerprint density at radius 3 is 2.54 bits per heavy atom. The van der Waals surface area contributed by atoms with E-state index in [-0.39, 0.29) is 22.1 Å². The molecule has 0 spiro atoms. The largest absolute Gasteiger partial charge is 0.494 e. The van der Waals surface area contributed by atoms with Gasteiger partial charge in [-0.1, -0.05) is 0 Å². The fourth-order valence-corrected chi connectivity index (χ4v) is 1.32. The molecule has 0 N–H and O–H groups in total. The summed E-state index contributed by atoms with van der Waals surface area (Å²) in [7, 11) is 1.21. The molecule has 0 aliphatic heterocycles. The third-order valence-corrected chi connectivity index (χ3v) is 2.15. The van der Waals surface area contributed by atoms with E-state index in [0.29, 0.717) is 0 Å². The minimum atomic E-state index is -1.21. The van der Waals surface area contributed by atoms with Crippen LogP contribution in [-0.4, -0.2) is 13.4 Å². The van der Waals surface area contributed by atoms with Crippen LogP contribution in [0.4, 0.5) is 8.78 Å². The number of carbonyl (C=O) groups excluding carboxylic acids is 1. The summed E-state index contributed by atoms with van der Waals surface area (Å²) in [5.74, 6) is -2.61. The van der Waals surface area contributed by atoms with Crippen LogP contribution in [-0.2, 0) is 0 Å². The lowest BCUT2D eigenvalue weighted by atomic mass is 10.2. The molecule has 0 fully saturated rings. The Kier molecular flexibility index (Phi) is 2.98. The lowest BCUT2D eigenvalue weighted by Crippen LogP contribution is -1.98. The zero-order valence-corrected chi connectivity index (χ0v) is 8.19. The Morgan fingerprint density at radius 1 is 1.46 bits per heavy atom. The van der Waals surface area contributed by atoms with Gasteiger partial charge in [0.2, 0.25) is 5.82 Å². The van der Waals surface area contributed by atoms with Crippen molar-refractivity contribution in [2.24, 2.45) is 0 Å². The highest BCUT2D eigenvalue weighted by Gasteiger charge is 2.16. The van der Waals surface area contributed by atoms with Gasteiger partial charge in [0, 0.05) is 4.47 Å². The van der Waals surface area contributed by atoms with Crippen LogP contribution >= 0.6 is 15.9 Å². The number of ether oxygens (including phenoxy) is 1. The SMILES string of the molecule is COc1cc(Br)c(C=O)c(F)c1F. The van der Waals surface area contributed by atoms with Gasteiger partial charge in [0.25, 0.3) is 0 Å². The summed E-state index contributed by atoms with van der Waals surface area (Å²) in [6, 6.07) is 1.20. The number of methoxy groups -OCH3 is 1. The summed E-state index contributed by atoms with van der Waals surface area (Å²) in [5.41, 5.74) is -0.349. The lowest BCUT2D eigenvalue weighted by molar-refractivity contribution is 0.111. The molecule has 13 heavy (non-hydrogen) atoms. The van der Waals surface area contributed by atoms with Crippen LogP contribution in [0.5, 0.6) is 5.75 Å². The monoisotopic (exact) mass is 250 g/mol. The maximum absolute atomic E-state index is 13.0. The summed E-state index contributed by atoms with van der Waals surface area (Å²) in [4.78, 5) is 10.3. The average Bonchev–Trinajstić information content (AvgIpc) is 2.12. The van der Waals surface area contributed by atoms with Gasteiger partial charge in [0.1, 0.15) is 0 Å². The van der Waals surface area contributed by atoms with Gasteiger partial charge < -0.3 is 4.74 Å². The second kappa shape index (κ2) is 3.83. The predicted molar refractivity (Wildman–Crippen MR) is 46.0 cm³/mol. The summed E-state index contributed by atoms with van der Waals surface area (Å²) in [5, 5.41) is 0. The Balaban J connectivity index is 3.45. The Hall–Kier alpha value is -0.970. The minimum Gasteiger partial charge on any atom is -0.494 e. The van der Waals surface area contributed by atoms with Crippen LogP contribution in [0.25, 0.3) is 0 Å². The summed E-state index contributed by atoms with van der Waals surface area (Å²) >= 11 is 2.92. The molecule has 1 aromatic rings. The predicted octanol–water partition coefficient (Wildman–Crippen LogP) is 2.55. The van der Waals surface area contributed by atoms with E-state index in [2.05, 4.69) is 20.7 Å². The molecule has 0 aromatic heterocycles. The molecule has 0 aliphatic carbocycles. The fourth-order valence-electron chi connectivity index (χ4n) is 0.844. The molecule has 0 aliphatic rings. The van der Waals surface area contributed by atoms with E-state index in [4.69, 9.17) is 0 Å². The van der Waals surface area contributed by atoms with Gasteiger partial charge in [0.15, 0.2) is 17.9 Å². The van der Waals surface area contributed by atoms with Crippen LogP contribution in [0.2, 0.25) is 0 Å². The zero-order chi connectivity index (χ0) is 10.0. The lowest BCUT2D eigenvalue weighted by Gasteiger charge is -2.05. The van der Waals surface area contributed by atoms with Crippen molar-refractivity contribution in [2.45, 2.75) is 0 Å². The molecule has 1 aromatic carbocycles. The second-order valence-electron chi connectivity index (χ2n) is 2.22. The van der Waals surface area contributed by atoms with Crippen LogP contribution in [0.1, 0.15) is 10.4 Å². The van der Waals surface area contributed by atoms with Crippen LogP contribution in [0, 0.1) is 11.6 Å². The van der Waals surface area contributed by atoms with Crippen molar-refractivity contribution >= 4 is 22.2 Å². The van der Waals surface area contributed by atoms with Crippen LogP contribution < -0.4 is 4.74 Å². The zero-order valence-electron chi connectivity index (χ0n) is 6.61. The number of carbonyl (C=O) groups is 1. The van der Waals surface area contributed by atoms with Crippen molar-refractivity contribution in [2.75, 3.05) is 7.11 Å². The molecule has 5 heteroatoms. The topological polar surface area (TPSA) is 26.3 Å². The quantitative estimate of drug-likeness (QED) is 0.596. The molecule has 2 nitrogen and oxygen atoms in total. The van der Waals surface area contributed by atoms with E-state index in [9.17, 15) is 13.6 Å². The number of hydrogen-bond donors (Lipinski definition) is 0. The third-order valence-electron chi connectivity index (χ3n) is 1.50. The molecule has 0 bridgehead atoms. The van der Waals surface area contributed by atoms with Gasteiger partial charge in [-0.2, -0.15) is 4.39 Å². The van der Waals surface area contributed by atoms with Gasteiger partial charge in [-0.3, -0.25) is 4.79 Å². The van der Waals surface area contributed by atoms with Crippen molar-refractivity contribution in [1.29, 1.82) is 0 Å². The van der Waals surface area contributed by atoms with E-state index in [1.165, 1.54) is 13.2 Å². The van der Waals surface area contributed by atoms with Gasteiger partial charge in [-0.25, -0.2) is 4.39 Å². The van der Waals surface area contributed by atoms with Crippen molar-refractivity contribution in [1.82, 2.24) is 0 Å². The summed E-state index contributed by atoms with van der Waals surface area (Å²) < 4.78 is 30.7. The van der Waals surface area contributed by atoms with E-state index in [1.807, 2.05) is 0 Å². The molecule has 0 amide bonds. The van der Waals surface area contributed by atoms with Crippen molar-refractivity contribution in [3.8, 4) is 5.75 Å². The first kappa shape index (κ1) is 10.1. The molecule has 1 rings (SSSR count). The molecule has 70 valence electrons. The standard InChI is InChI=1S/C8H5BrF2O2/c1-13-6-2-5(9)4(3-12)7(10)8(6)11/h2-3H,1H3. The van der Waals surface area contributed by atoms with E-state index < -0.39 is 11.6 Å². The molecule has 0 atom stereocenters. The van der Waals surface area contributed by atoms with Crippen LogP contribution in [0.3, 0.4) is 0 Å². The second-order valence-corrected chi connectivity index (χ2v) is 3.07. The Bertz CT molecular complexity index is 352. The van der Waals surface area contributed by atoms with Gasteiger partial charge in [-0.15, -0.1) is 0 Å². The van der Waals surface area contributed by atoms with E-state index >= 15 is 0 Å². The highest BCUT2D eigenvalue weighted by Crippen LogP contribution is 2.28. The smallest absolute Gasteiger partial charge is 0.201 e. The number of aldehydes is 1. The van der Waals surface area contributed by atoms with Gasteiger partial charge in [0.05, 0.1) is 12.7 Å². The first-order chi connectivity index (χ1) is 6.11. The highest BCUT2D eigenvalue weighted by atomic mass is 79.9. The van der Waals surface area contributed by atoms with E-state index in [1.54, 1.807) is 0 Å². The number of halogens is 3. The number of rotatable bonds is 2.